The second-order valence-corrected chi connectivity index (χ2v) is 4.26. The van der Waals surface area contributed by atoms with Crippen LogP contribution in [0.25, 0.3) is 0 Å². The lowest BCUT2D eigenvalue weighted by atomic mass is 10.1. The highest BCUT2D eigenvalue weighted by molar-refractivity contribution is 6.33. The molecular weight excluding hydrogens is 240 g/mol. The standard InChI is InChI=1S/C12H19ClN2O2/c1-3-9(14)6-15-11-5-12(17-2)8(7-16)4-10(11)13/h4-5,9,15-16H,3,6-7,14H2,1-2H3. The van der Waals surface area contributed by atoms with Crippen LogP contribution in [-0.2, 0) is 6.61 Å². The predicted molar refractivity (Wildman–Crippen MR) is 70.7 cm³/mol. The summed E-state index contributed by atoms with van der Waals surface area (Å²) < 4.78 is 5.18. The quantitative estimate of drug-likeness (QED) is 0.730. The first-order valence-electron chi connectivity index (χ1n) is 5.59. The van der Waals surface area contributed by atoms with Crippen molar-refractivity contribution in [1.29, 1.82) is 0 Å². The summed E-state index contributed by atoms with van der Waals surface area (Å²) in [4.78, 5) is 0. The molecule has 1 unspecified atom stereocenters. The lowest BCUT2D eigenvalue weighted by Gasteiger charge is -2.15. The molecule has 0 saturated heterocycles. The predicted octanol–water partition coefficient (Wildman–Crippen LogP) is 1.99. The first kappa shape index (κ1) is 14.1. The van der Waals surface area contributed by atoms with Gasteiger partial charge in [-0.1, -0.05) is 18.5 Å². The molecule has 0 bridgehead atoms. The fraction of sp³-hybridized carbons (Fsp3) is 0.500. The van der Waals surface area contributed by atoms with Crippen LogP contribution in [0.15, 0.2) is 12.1 Å². The van der Waals surface area contributed by atoms with Crippen molar-refractivity contribution in [3.05, 3.63) is 22.7 Å². The normalized spacial score (nSPS) is 12.3. The van der Waals surface area contributed by atoms with Crippen LogP contribution in [0.4, 0.5) is 5.69 Å². The van der Waals surface area contributed by atoms with E-state index in [4.69, 9.17) is 27.2 Å². The van der Waals surface area contributed by atoms with Crippen LogP contribution in [0.5, 0.6) is 5.75 Å². The number of ether oxygens (including phenoxy) is 1. The molecule has 0 heterocycles. The molecule has 5 heteroatoms. The molecule has 1 aromatic carbocycles. The SMILES string of the molecule is CCC(N)CNc1cc(OC)c(CO)cc1Cl. The Morgan fingerprint density at radius 3 is 2.76 bits per heavy atom. The minimum atomic E-state index is -0.0996. The number of aliphatic hydroxyl groups excluding tert-OH is 1. The average Bonchev–Trinajstić information content (AvgIpc) is 2.36. The minimum absolute atomic E-state index is 0.0922. The number of hydrogen-bond acceptors (Lipinski definition) is 4. The zero-order valence-corrected chi connectivity index (χ0v) is 10.9. The van der Waals surface area contributed by atoms with Gasteiger partial charge in [0.05, 0.1) is 24.4 Å². The van der Waals surface area contributed by atoms with E-state index in [1.807, 2.05) is 6.92 Å². The number of nitrogens with one attached hydrogen (secondary N) is 1. The second kappa shape index (κ2) is 6.69. The van der Waals surface area contributed by atoms with Gasteiger partial charge in [-0.2, -0.15) is 0 Å². The summed E-state index contributed by atoms with van der Waals surface area (Å²) in [6, 6.07) is 3.56. The first-order chi connectivity index (χ1) is 8.12. The number of nitrogens with two attached hydrogens (primary N) is 1. The first-order valence-corrected chi connectivity index (χ1v) is 5.96. The zero-order chi connectivity index (χ0) is 12.8. The minimum Gasteiger partial charge on any atom is -0.496 e. The smallest absolute Gasteiger partial charge is 0.126 e. The van der Waals surface area contributed by atoms with E-state index < -0.39 is 0 Å². The molecular formula is C12H19ClN2O2. The van der Waals surface area contributed by atoms with Crippen molar-refractivity contribution in [2.24, 2.45) is 5.73 Å². The van der Waals surface area contributed by atoms with Gasteiger partial charge in [0, 0.05) is 24.2 Å². The third-order valence-electron chi connectivity index (χ3n) is 2.62. The highest BCUT2D eigenvalue weighted by atomic mass is 35.5. The average molecular weight is 259 g/mol. The summed E-state index contributed by atoms with van der Waals surface area (Å²) >= 11 is 6.09. The maximum atomic E-state index is 9.14. The lowest BCUT2D eigenvalue weighted by molar-refractivity contribution is 0.274. The molecule has 0 saturated carbocycles. The van der Waals surface area contributed by atoms with Gasteiger partial charge in [-0.15, -0.1) is 0 Å². The van der Waals surface area contributed by atoms with Gasteiger partial charge in [-0.05, 0) is 12.5 Å². The monoisotopic (exact) mass is 258 g/mol. The van der Waals surface area contributed by atoms with Crippen molar-refractivity contribution >= 4 is 17.3 Å². The summed E-state index contributed by atoms with van der Waals surface area (Å²) in [5.41, 5.74) is 7.26. The van der Waals surface area contributed by atoms with Crippen molar-refractivity contribution in [2.75, 3.05) is 19.0 Å². The summed E-state index contributed by atoms with van der Waals surface area (Å²) in [6.45, 7) is 2.58. The Morgan fingerprint density at radius 2 is 2.24 bits per heavy atom. The molecule has 0 spiro atoms. The molecule has 0 aliphatic heterocycles. The van der Waals surface area contributed by atoms with E-state index in [2.05, 4.69) is 5.32 Å². The van der Waals surface area contributed by atoms with Crippen molar-refractivity contribution in [3.63, 3.8) is 0 Å². The maximum Gasteiger partial charge on any atom is 0.126 e. The number of halogens is 1. The Hall–Kier alpha value is -0.970. The van der Waals surface area contributed by atoms with E-state index in [1.165, 1.54) is 0 Å². The molecule has 96 valence electrons. The number of methoxy groups -OCH3 is 1. The fourth-order valence-electron chi connectivity index (χ4n) is 1.43. The van der Waals surface area contributed by atoms with E-state index in [0.29, 0.717) is 22.9 Å². The molecule has 1 rings (SSSR count). The molecule has 0 aromatic heterocycles. The zero-order valence-electron chi connectivity index (χ0n) is 10.2. The molecule has 4 nitrogen and oxygen atoms in total. The Kier molecular flexibility index (Phi) is 5.55. The van der Waals surface area contributed by atoms with Crippen molar-refractivity contribution in [2.45, 2.75) is 26.0 Å². The van der Waals surface area contributed by atoms with Crippen LogP contribution in [0, 0.1) is 0 Å². The number of anilines is 1. The molecule has 1 atom stereocenters. The number of hydrogen-bond donors (Lipinski definition) is 3. The number of aliphatic hydroxyl groups is 1. The lowest BCUT2D eigenvalue weighted by Crippen LogP contribution is -2.28. The highest BCUT2D eigenvalue weighted by Gasteiger charge is 2.09. The van der Waals surface area contributed by atoms with Crippen LogP contribution in [0.2, 0.25) is 5.02 Å². The second-order valence-electron chi connectivity index (χ2n) is 3.85. The molecule has 0 aliphatic carbocycles. The van der Waals surface area contributed by atoms with Gasteiger partial charge in [0.2, 0.25) is 0 Å². The third kappa shape index (κ3) is 3.77. The Morgan fingerprint density at radius 1 is 1.53 bits per heavy atom. The molecule has 0 fully saturated rings. The van der Waals surface area contributed by atoms with Gasteiger partial charge in [0.25, 0.3) is 0 Å². The van der Waals surface area contributed by atoms with Gasteiger partial charge in [0.1, 0.15) is 5.75 Å². The summed E-state index contributed by atoms with van der Waals surface area (Å²) in [6.07, 6.45) is 0.899. The summed E-state index contributed by atoms with van der Waals surface area (Å²) in [7, 11) is 1.56. The van der Waals surface area contributed by atoms with Crippen LogP contribution in [-0.4, -0.2) is 24.8 Å². The largest absolute Gasteiger partial charge is 0.496 e. The highest BCUT2D eigenvalue weighted by Crippen LogP contribution is 2.30. The Labute approximate surface area is 107 Å². The molecule has 17 heavy (non-hydrogen) atoms. The van der Waals surface area contributed by atoms with Gasteiger partial charge in [-0.25, -0.2) is 0 Å². The van der Waals surface area contributed by atoms with E-state index in [1.54, 1.807) is 19.2 Å². The topological polar surface area (TPSA) is 67.5 Å². The van der Waals surface area contributed by atoms with Gasteiger partial charge in [-0.3, -0.25) is 0 Å². The molecule has 0 amide bonds. The molecule has 1 aromatic rings. The van der Waals surface area contributed by atoms with Crippen LogP contribution in [0.1, 0.15) is 18.9 Å². The van der Waals surface area contributed by atoms with E-state index in [9.17, 15) is 0 Å². The van der Waals surface area contributed by atoms with Crippen molar-refractivity contribution in [3.8, 4) is 5.75 Å². The number of benzene rings is 1. The van der Waals surface area contributed by atoms with Crippen molar-refractivity contribution in [1.82, 2.24) is 0 Å². The fourth-order valence-corrected chi connectivity index (χ4v) is 1.68. The van der Waals surface area contributed by atoms with Gasteiger partial charge < -0.3 is 20.9 Å². The van der Waals surface area contributed by atoms with E-state index in [0.717, 1.165) is 12.1 Å². The molecule has 4 N–H and O–H groups in total. The third-order valence-corrected chi connectivity index (χ3v) is 2.93. The van der Waals surface area contributed by atoms with Crippen LogP contribution >= 0.6 is 11.6 Å². The Bertz CT molecular complexity index is 372. The molecule has 0 aliphatic rings. The van der Waals surface area contributed by atoms with Crippen LogP contribution in [0.3, 0.4) is 0 Å². The van der Waals surface area contributed by atoms with Crippen molar-refractivity contribution < 1.29 is 9.84 Å². The maximum absolute atomic E-state index is 9.14. The van der Waals surface area contributed by atoms with E-state index in [-0.39, 0.29) is 12.6 Å². The van der Waals surface area contributed by atoms with Crippen LogP contribution < -0.4 is 15.8 Å². The summed E-state index contributed by atoms with van der Waals surface area (Å²) in [5, 5.41) is 12.9. The van der Waals surface area contributed by atoms with E-state index >= 15 is 0 Å². The molecule has 0 radical (unpaired) electrons. The van der Waals surface area contributed by atoms with Gasteiger partial charge in [0.15, 0.2) is 0 Å². The Balaban J connectivity index is 2.85. The number of rotatable bonds is 6. The van der Waals surface area contributed by atoms with Gasteiger partial charge >= 0.3 is 0 Å². The summed E-state index contributed by atoms with van der Waals surface area (Å²) in [5.74, 6) is 0.615.